The largest absolute Gasteiger partial charge is 0.323 e. The Morgan fingerprint density at radius 2 is 2.00 bits per heavy atom. The molecule has 8 heteroatoms. The van der Waals surface area contributed by atoms with Crippen LogP contribution in [-0.4, -0.2) is 18.2 Å². The van der Waals surface area contributed by atoms with Crippen molar-refractivity contribution in [1.82, 2.24) is 9.78 Å². The van der Waals surface area contributed by atoms with Crippen molar-refractivity contribution in [2.45, 2.75) is 4.90 Å². The van der Waals surface area contributed by atoms with Gasteiger partial charge in [-0.1, -0.05) is 12.1 Å². The predicted octanol–water partition coefficient (Wildman–Crippen LogP) is 0.506. The van der Waals surface area contributed by atoms with E-state index < -0.39 is 10.0 Å². The summed E-state index contributed by atoms with van der Waals surface area (Å²) in [6, 6.07) is 7.93. The highest BCUT2D eigenvalue weighted by Gasteiger charge is 2.19. The highest BCUT2D eigenvalue weighted by molar-refractivity contribution is 7.92. The molecule has 1 aromatic heterocycles. The monoisotopic (exact) mass is 267 g/mol. The lowest BCUT2D eigenvalue weighted by Crippen LogP contribution is -2.18. The van der Waals surface area contributed by atoms with Crippen molar-refractivity contribution >= 4 is 21.5 Å². The SMILES string of the molecule is Cn1nccc1NS(=O)(=O)c1ccccc1NN. The fourth-order valence-corrected chi connectivity index (χ4v) is 2.75. The van der Waals surface area contributed by atoms with Gasteiger partial charge in [0.1, 0.15) is 10.7 Å². The third-order valence-corrected chi connectivity index (χ3v) is 3.80. The maximum Gasteiger partial charge on any atom is 0.265 e. The number of nitrogens with zero attached hydrogens (tertiary/aromatic N) is 2. The molecule has 0 amide bonds. The zero-order valence-corrected chi connectivity index (χ0v) is 10.5. The van der Waals surface area contributed by atoms with Gasteiger partial charge in [0.25, 0.3) is 10.0 Å². The van der Waals surface area contributed by atoms with Crippen molar-refractivity contribution in [1.29, 1.82) is 0 Å². The van der Waals surface area contributed by atoms with Crippen molar-refractivity contribution in [3.63, 3.8) is 0 Å². The summed E-state index contributed by atoms with van der Waals surface area (Å²) in [5.41, 5.74) is 2.68. The molecule has 0 bridgehead atoms. The lowest BCUT2D eigenvalue weighted by Gasteiger charge is -2.11. The summed E-state index contributed by atoms with van der Waals surface area (Å²) in [5.74, 6) is 5.67. The molecule has 1 heterocycles. The number of anilines is 2. The zero-order chi connectivity index (χ0) is 13.2. The number of hydrazine groups is 1. The van der Waals surface area contributed by atoms with Crippen molar-refractivity contribution in [2.75, 3.05) is 10.1 Å². The van der Waals surface area contributed by atoms with Gasteiger partial charge in [0.05, 0.1) is 11.9 Å². The van der Waals surface area contributed by atoms with Gasteiger partial charge in [-0.05, 0) is 12.1 Å². The number of aryl methyl sites for hydroxylation is 1. The third kappa shape index (κ3) is 2.29. The standard InChI is InChI=1S/C10H13N5O2S/c1-15-10(6-7-12-15)14-18(16,17)9-5-3-2-4-8(9)13-11/h2-7,13-14H,11H2,1H3. The van der Waals surface area contributed by atoms with Gasteiger partial charge in [0.15, 0.2) is 0 Å². The molecule has 18 heavy (non-hydrogen) atoms. The second-order valence-electron chi connectivity index (χ2n) is 3.59. The third-order valence-electron chi connectivity index (χ3n) is 2.39. The number of benzene rings is 1. The first-order valence-electron chi connectivity index (χ1n) is 5.11. The van der Waals surface area contributed by atoms with Gasteiger partial charge in [-0.25, -0.2) is 8.42 Å². The van der Waals surface area contributed by atoms with Crippen LogP contribution in [0.4, 0.5) is 11.5 Å². The van der Waals surface area contributed by atoms with Gasteiger partial charge in [-0.15, -0.1) is 0 Å². The minimum atomic E-state index is -3.70. The quantitative estimate of drug-likeness (QED) is 0.553. The first kappa shape index (κ1) is 12.4. The molecule has 0 saturated carbocycles. The maximum absolute atomic E-state index is 12.2. The Bertz CT molecular complexity index is 650. The molecule has 0 saturated heterocycles. The van der Waals surface area contributed by atoms with Crippen LogP contribution in [0.15, 0.2) is 41.4 Å². The molecule has 0 unspecified atom stereocenters. The minimum absolute atomic E-state index is 0.0775. The minimum Gasteiger partial charge on any atom is -0.323 e. The highest BCUT2D eigenvalue weighted by atomic mass is 32.2. The van der Waals surface area contributed by atoms with Crippen LogP contribution in [-0.2, 0) is 17.1 Å². The lowest BCUT2D eigenvalue weighted by atomic mass is 10.3. The highest BCUT2D eigenvalue weighted by Crippen LogP contribution is 2.22. The Morgan fingerprint density at radius 3 is 2.61 bits per heavy atom. The van der Waals surface area contributed by atoms with Gasteiger partial charge in [0.2, 0.25) is 0 Å². The number of rotatable bonds is 4. The van der Waals surface area contributed by atoms with Crippen molar-refractivity contribution in [3.8, 4) is 0 Å². The summed E-state index contributed by atoms with van der Waals surface area (Å²) in [6.45, 7) is 0. The summed E-state index contributed by atoms with van der Waals surface area (Å²) >= 11 is 0. The number of sulfonamides is 1. The average molecular weight is 267 g/mol. The van der Waals surface area contributed by atoms with Gasteiger partial charge >= 0.3 is 0 Å². The van der Waals surface area contributed by atoms with E-state index in [1.165, 1.54) is 16.9 Å². The van der Waals surface area contributed by atoms with E-state index in [0.717, 1.165) is 0 Å². The molecule has 0 aliphatic rings. The van der Waals surface area contributed by atoms with Crippen LogP contribution in [0.2, 0.25) is 0 Å². The normalized spacial score (nSPS) is 11.2. The molecule has 0 aliphatic carbocycles. The van der Waals surface area contributed by atoms with E-state index in [-0.39, 0.29) is 4.90 Å². The fraction of sp³-hybridized carbons (Fsp3) is 0.100. The van der Waals surface area contributed by atoms with Crippen LogP contribution < -0.4 is 16.0 Å². The maximum atomic E-state index is 12.2. The molecule has 96 valence electrons. The first-order chi connectivity index (χ1) is 8.54. The van der Waals surface area contributed by atoms with Crippen LogP contribution in [0.5, 0.6) is 0 Å². The number of aromatic nitrogens is 2. The molecular formula is C10H13N5O2S. The fourth-order valence-electron chi connectivity index (χ4n) is 1.49. The smallest absolute Gasteiger partial charge is 0.265 e. The van der Waals surface area contributed by atoms with E-state index in [0.29, 0.717) is 11.5 Å². The van der Waals surface area contributed by atoms with E-state index in [4.69, 9.17) is 5.84 Å². The molecule has 4 N–H and O–H groups in total. The average Bonchev–Trinajstić information content (AvgIpc) is 2.74. The Morgan fingerprint density at radius 1 is 1.28 bits per heavy atom. The molecule has 2 rings (SSSR count). The number of para-hydroxylation sites is 1. The molecule has 0 spiro atoms. The Kier molecular flexibility index (Phi) is 3.21. The molecule has 0 aliphatic heterocycles. The van der Waals surface area contributed by atoms with E-state index in [2.05, 4.69) is 15.2 Å². The lowest BCUT2D eigenvalue weighted by molar-refractivity contribution is 0.600. The van der Waals surface area contributed by atoms with E-state index in [1.807, 2.05) is 0 Å². The van der Waals surface area contributed by atoms with E-state index in [1.54, 1.807) is 31.3 Å². The Balaban J connectivity index is 2.40. The molecule has 0 radical (unpaired) electrons. The van der Waals surface area contributed by atoms with Crippen LogP contribution in [0.1, 0.15) is 0 Å². The summed E-state index contributed by atoms with van der Waals surface area (Å²) in [6.07, 6.45) is 1.50. The topological polar surface area (TPSA) is 102 Å². The second-order valence-corrected chi connectivity index (χ2v) is 5.24. The summed E-state index contributed by atoms with van der Waals surface area (Å²) in [4.78, 5) is 0.0775. The number of hydrogen-bond acceptors (Lipinski definition) is 5. The summed E-state index contributed by atoms with van der Waals surface area (Å²) in [7, 11) is -2.06. The number of hydrogen-bond donors (Lipinski definition) is 3. The van der Waals surface area contributed by atoms with Gasteiger partial charge in [-0.3, -0.25) is 15.2 Å². The van der Waals surface area contributed by atoms with Crippen molar-refractivity contribution in [3.05, 3.63) is 36.5 Å². The second kappa shape index (κ2) is 4.67. The number of nitrogen functional groups attached to an aromatic ring is 1. The molecular weight excluding hydrogens is 254 g/mol. The van der Waals surface area contributed by atoms with E-state index >= 15 is 0 Å². The van der Waals surface area contributed by atoms with Crippen LogP contribution in [0.3, 0.4) is 0 Å². The molecule has 0 fully saturated rings. The van der Waals surface area contributed by atoms with Gasteiger partial charge in [-0.2, -0.15) is 5.10 Å². The number of nitrogens with two attached hydrogens (primary N) is 1. The Hall–Kier alpha value is -2.06. The Labute approximate surface area is 105 Å². The van der Waals surface area contributed by atoms with Crippen LogP contribution in [0, 0.1) is 0 Å². The van der Waals surface area contributed by atoms with E-state index in [9.17, 15) is 8.42 Å². The molecule has 1 aromatic carbocycles. The van der Waals surface area contributed by atoms with Crippen LogP contribution >= 0.6 is 0 Å². The number of nitrogens with one attached hydrogen (secondary N) is 2. The molecule has 7 nitrogen and oxygen atoms in total. The van der Waals surface area contributed by atoms with Crippen LogP contribution in [0.25, 0.3) is 0 Å². The first-order valence-corrected chi connectivity index (χ1v) is 6.59. The van der Waals surface area contributed by atoms with Crippen molar-refractivity contribution in [2.24, 2.45) is 12.9 Å². The van der Waals surface area contributed by atoms with Crippen molar-refractivity contribution < 1.29 is 8.42 Å². The summed E-state index contributed by atoms with van der Waals surface area (Å²) < 4.78 is 28.2. The van der Waals surface area contributed by atoms with Gasteiger partial charge in [0, 0.05) is 13.1 Å². The zero-order valence-electron chi connectivity index (χ0n) is 9.66. The predicted molar refractivity (Wildman–Crippen MR) is 68.3 cm³/mol. The summed E-state index contributed by atoms with van der Waals surface area (Å²) in [5, 5.41) is 3.89. The van der Waals surface area contributed by atoms with Gasteiger partial charge < -0.3 is 5.43 Å². The molecule has 2 aromatic rings. The molecule has 0 atom stereocenters.